The quantitative estimate of drug-likeness (QED) is 0.603. The number of ether oxygens (including phenoxy) is 1. The number of anilines is 2. The molecule has 0 aliphatic carbocycles. The van der Waals surface area contributed by atoms with Gasteiger partial charge in [-0.15, -0.1) is 0 Å². The molecule has 0 spiro atoms. The van der Waals surface area contributed by atoms with Gasteiger partial charge in [0.1, 0.15) is 11.4 Å². The van der Waals surface area contributed by atoms with Crippen LogP contribution in [0, 0.1) is 5.82 Å². The van der Waals surface area contributed by atoms with Gasteiger partial charge in [0.2, 0.25) is 10.0 Å². The van der Waals surface area contributed by atoms with Crippen LogP contribution in [0.15, 0.2) is 45.8 Å². The van der Waals surface area contributed by atoms with Crippen molar-refractivity contribution >= 4 is 49.3 Å². The molecule has 0 bridgehead atoms. The van der Waals surface area contributed by atoms with Crippen LogP contribution in [0.2, 0.25) is 0 Å². The van der Waals surface area contributed by atoms with Gasteiger partial charge < -0.3 is 10.1 Å². The predicted molar refractivity (Wildman–Crippen MR) is 110 cm³/mol. The number of nitrogens with one attached hydrogen (secondary N) is 2. The van der Waals surface area contributed by atoms with Crippen LogP contribution < -0.4 is 15.8 Å². The minimum atomic E-state index is -4.03. The molecule has 0 saturated carbocycles. The number of benzene rings is 2. The van der Waals surface area contributed by atoms with Gasteiger partial charge in [-0.1, -0.05) is 0 Å². The van der Waals surface area contributed by atoms with E-state index in [-0.39, 0.29) is 21.8 Å². The van der Waals surface area contributed by atoms with Crippen LogP contribution >= 0.6 is 15.9 Å². The fraction of sp³-hybridized carbons (Fsp3) is 0.222. The zero-order chi connectivity index (χ0) is 22.0. The topological polar surface area (TPSA) is 128 Å². The van der Waals surface area contributed by atoms with Crippen molar-refractivity contribution < 1.29 is 27.1 Å². The van der Waals surface area contributed by atoms with E-state index in [4.69, 9.17) is 9.88 Å². The zero-order valence-corrected chi connectivity index (χ0v) is 18.1. The molecule has 2 aromatic carbocycles. The Morgan fingerprint density at radius 1 is 1.07 bits per heavy atom. The number of sulfonamides is 1. The highest BCUT2D eigenvalue weighted by molar-refractivity contribution is 9.10. The van der Waals surface area contributed by atoms with Gasteiger partial charge in [0, 0.05) is 4.47 Å². The lowest BCUT2D eigenvalue weighted by Crippen LogP contribution is -2.27. The average Bonchev–Trinajstić information content (AvgIpc) is 2.54. The maximum absolute atomic E-state index is 13.7. The Kier molecular flexibility index (Phi) is 6.66. The molecule has 11 heteroatoms. The Balaban J connectivity index is 2.33. The summed E-state index contributed by atoms with van der Waals surface area (Å²) >= 11 is 3.16. The fourth-order valence-corrected chi connectivity index (χ4v) is 3.15. The number of nitrogens with two attached hydrogens (primary N) is 1. The smallest absolute Gasteiger partial charge is 0.412 e. The molecule has 0 saturated heterocycles. The van der Waals surface area contributed by atoms with Gasteiger partial charge in [-0.05, 0) is 73.1 Å². The second kappa shape index (κ2) is 8.47. The highest BCUT2D eigenvalue weighted by atomic mass is 79.9. The summed E-state index contributed by atoms with van der Waals surface area (Å²) in [6.07, 6.45) is -0.794. The SMILES string of the molecule is CC(C)(C)OC(=O)Nc1ccc(F)cc1NC(=O)c1cc(S(N)(=O)=O)ccc1Br. The standard InChI is InChI=1S/C18H19BrFN3O5S/c1-18(2,3)28-17(25)23-14-7-4-10(20)8-15(14)22-16(24)12-9-11(29(21,26)27)5-6-13(12)19/h4-9H,1-3H3,(H,22,24)(H,23,25)(H2,21,26,27). The van der Waals surface area contributed by atoms with Crippen molar-refractivity contribution in [3.05, 3.63) is 52.3 Å². The monoisotopic (exact) mass is 487 g/mol. The first-order valence-corrected chi connectivity index (χ1v) is 10.5. The Bertz CT molecular complexity index is 1070. The zero-order valence-electron chi connectivity index (χ0n) is 15.7. The van der Waals surface area contributed by atoms with Crippen molar-refractivity contribution in [3.63, 3.8) is 0 Å². The largest absolute Gasteiger partial charge is 0.444 e. The van der Waals surface area contributed by atoms with Crippen LogP contribution in [0.4, 0.5) is 20.6 Å². The molecule has 8 nitrogen and oxygen atoms in total. The molecule has 2 rings (SSSR count). The molecule has 156 valence electrons. The molecular weight excluding hydrogens is 469 g/mol. The molecule has 0 radical (unpaired) electrons. The Labute approximate surface area is 175 Å². The summed E-state index contributed by atoms with van der Waals surface area (Å²) in [5.74, 6) is -1.41. The molecule has 0 aromatic heterocycles. The fourth-order valence-electron chi connectivity index (χ4n) is 2.19. The maximum Gasteiger partial charge on any atom is 0.412 e. The van der Waals surface area contributed by atoms with Gasteiger partial charge in [0.15, 0.2) is 0 Å². The highest BCUT2D eigenvalue weighted by Gasteiger charge is 2.20. The van der Waals surface area contributed by atoms with E-state index in [1.54, 1.807) is 20.8 Å². The first-order chi connectivity index (χ1) is 13.3. The van der Waals surface area contributed by atoms with Crippen LogP contribution in [0.25, 0.3) is 0 Å². The van der Waals surface area contributed by atoms with Gasteiger partial charge in [-0.2, -0.15) is 0 Å². The van der Waals surface area contributed by atoms with E-state index in [2.05, 4.69) is 26.6 Å². The second-order valence-electron chi connectivity index (χ2n) is 6.96. The molecular formula is C18H19BrFN3O5S. The van der Waals surface area contributed by atoms with E-state index in [0.29, 0.717) is 4.47 Å². The van der Waals surface area contributed by atoms with Gasteiger partial charge in [-0.25, -0.2) is 22.7 Å². The highest BCUT2D eigenvalue weighted by Crippen LogP contribution is 2.26. The van der Waals surface area contributed by atoms with Gasteiger partial charge >= 0.3 is 6.09 Å². The minimum Gasteiger partial charge on any atom is -0.444 e. The number of carbonyl (C=O) groups is 2. The van der Waals surface area contributed by atoms with Gasteiger partial charge in [-0.3, -0.25) is 10.1 Å². The van der Waals surface area contributed by atoms with Crippen LogP contribution in [0.5, 0.6) is 0 Å². The third-order valence-electron chi connectivity index (χ3n) is 3.38. The third kappa shape index (κ3) is 6.51. The third-order valence-corrected chi connectivity index (χ3v) is 4.98. The molecule has 0 unspecified atom stereocenters. The van der Waals surface area contributed by atoms with E-state index in [0.717, 1.165) is 18.2 Å². The molecule has 0 fully saturated rings. The summed E-state index contributed by atoms with van der Waals surface area (Å²) in [5.41, 5.74) is -0.766. The second-order valence-corrected chi connectivity index (χ2v) is 9.37. The Morgan fingerprint density at radius 2 is 1.72 bits per heavy atom. The normalized spacial score (nSPS) is 11.7. The molecule has 0 heterocycles. The number of primary sulfonamides is 1. The van der Waals surface area contributed by atoms with Gasteiger partial charge in [0.05, 0.1) is 21.8 Å². The van der Waals surface area contributed by atoms with Crippen LogP contribution in [-0.2, 0) is 14.8 Å². The summed E-state index contributed by atoms with van der Waals surface area (Å²) in [6, 6.07) is 7.01. The van der Waals surface area contributed by atoms with E-state index in [1.807, 2.05) is 0 Å². The molecule has 4 N–H and O–H groups in total. The maximum atomic E-state index is 13.7. The van der Waals surface area contributed by atoms with Crippen molar-refractivity contribution in [3.8, 4) is 0 Å². The number of hydrogen-bond donors (Lipinski definition) is 3. The predicted octanol–water partition coefficient (Wildman–Crippen LogP) is 3.83. The Morgan fingerprint density at radius 3 is 2.31 bits per heavy atom. The summed E-state index contributed by atoms with van der Waals surface area (Å²) in [4.78, 5) is 24.4. The van der Waals surface area contributed by atoms with E-state index < -0.39 is 33.4 Å². The van der Waals surface area contributed by atoms with Crippen molar-refractivity contribution in [1.29, 1.82) is 0 Å². The lowest BCUT2D eigenvalue weighted by Gasteiger charge is -2.20. The molecule has 0 aliphatic rings. The summed E-state index contributed by atoms with van der Waals surface area (Å²) in [6.45, 7) is 5.03. The van der Waals surface area contributed by atoms with Crippen LogP contribution in [0.3, 0.4) is 0 Å². The van der Waals surface area contributed by atoms with Crippen molar-refractivity contribution in [2.24, 2.45) is 5.14 Å². The molecule has 2 aromatic rings. The van der Waals surface area contributed by atoms with E-state index >= 15 is 0 Å². The van der Waals surface area contributed by atoms with Gasteiger partial charge in [0.25, 0.3) is 5.91 Å². The number of halogens is 2. The Hall–Kier alpha value is -2.50. The first kappa shape index (κ1) is 22.8. The number of rotatable bonds is 4. The lowest BCUT2D eigenvalue weighted by molar-refractivity contribution is 0.0635. The molecule has 0 atom stereocenters. The molecule has 29 heavy (non-hydrogen) atoms. The molecule has 2 amide bonds. The minimum absolute atomic E-state index is 0.0474. The number of carbonyl (C=O) groups excluding carboxylic acids is 2. The summed E-state index contributed by atoms with van der Waals surface area (Å²) < 4.78 is 42.2. The van der Waals surface area contributed by atoms with E-state index in [1.165, 1.54) is 18.2 Å². The van der Waals surface area contributed by atoms with E-state index in [9.17, 15) is 22.4 Å². The van der Waals surface area contributed by atoms with Crippen molar-refractivity contribution in [1.82, 2.24) is 0 Å². The van der Waals surface area contributed by atoms with Crippen LogP contribution in [0.1, 0.15) is 31.1 Å². The lowest BCUT2D eigenvalue weighted by atomic mass is 10.2. The first-order valence-electron chi connectivity index (χ1n) is 8.19. The van der Waals surface area contributed by atoms with Crippen LogP contribution in [-0.4, -0.2) is 26.0 Å². The molecule has 0 aliphatic heterocycles. The number of amides is 2. The summed E-state index contributed by atoms with van der Waals surface area (Å²) in [7, 11) is -4.03. The number of hydrogen-bond acceptors (Lipinski definition) is 5. The summed E-state index contributed by atoms with van der Waals surface area (Å²) in [5, 5.41) is 9.96. The van der Waals surface area contributed by atoms with Crippen molar-refractivity contribution in [2.45, 2.75) is 31.3 Å². The van der Waals surface area contributed by atoms with Crippen molar-refractivity contribution in [2.75, 3.05) is 10.6 Å². The average molecular weight is 488 g/mol.